The van der Waals surface area contributed by atoms with E-state index in [1.165, 1.54) is 20.3 Å². The summed E-state index contributed by atoms with van der Waals surface area (Å²) >= 11 is 0. The number of rotatable bonds is 3. The number of anilines is 2. The first-order valence-electron chi connectivity index (χ1n) is 11.3. The van der Waals surface area contributed by atoms with Crippen LogP contribution in [-0.2, 0) is 20.1 Å². The molecule has 0 radical (unpaired) electrons. The summed E-state index contributed by atoms with van der Waals surface area (Å²) in [6.07, 6.45) is 0. The first-order valence-corrected chi connectivity index (χ1v) is 11.3. The van der Waals surface area contributed by atoms with Crippen molar-refractivity contribution in [3.63, 3.8) is 0 Å². The van der Waals surface area contributed by atoms with Crippen molar-refractivity contribution >= 4 is 22.8 Å². The van der Waals surface area contributed by atoms with Crippen molar-refractivity contribution in [1.82, 2.24) is 18.7 Å². The molecule has 2 aromatic carbocycles. The van der Waals surface area contributed by atoms with Crippen LogP contribution in [0.5, 0.6) is 0 Å². The topological polar surface area (TPSA) is 65.1 Å². The molecule has 0 saturated carbocycles. The van der Waals surface area contributed by atoms with Crippen LogP contribution < -0.4 is 16.1 Å². The van der Waals surface area contributed by atoms with Crippen molar-refractivity contribution in [2.24, 2.45) is 13.0 Å². The molecule has 1 aliphatic heterocycles. The minimum atomic E-state index is -0.351. The second kappa shape index (κ2) is 7.76. The first kappa shape index (κ1) is 21.2. The van der Waals surface area contributed by atoms with E-state index in [-0.39, 0.29) is 17.8 Å². The van der Waals surface area contributed by atoms with Gasteiger partial charge in [-0.2, -0.15) is 4.98 Å². The van der Waals surface area contributed by atoms with Crippen LogP contribution in [-0.4, -0.2) is 25.2 Å². The monoisotopic (exact) mass is 443 g/mol. The molecule has 0 bridgehead atoms. The van der Waals surface area contributed by atoms with E-state index in [0.717, 1.165) is 23.4 Å². The average Bonchev–Trinajstić information content (AvgIpc) is 3.13. The summed E-state index contributed by atoms with van der Waals surface area (Å²) in [6, 6.07) is 14.3. The maximum atomic E-state index is 13.7. The number of imidazole rings is 1. The molecule has 5 rings (SSSR count). The van der Waals surface area contributed by atoms with E-state index in [2.05, 4.69) is 43.9 Å². The molecule has 2 aromatic heterocycles. The van der Waals surface area contributed by atoms with Gasteiger partial charge in [0.05, 0.1) is 6.54 Å². The summed E-state index contributed by atoms with van der Waals surface area (Å²) in [5, 5.41) is 0. The fourth-order valence-electron chi connectivity index (χ4n) is 4.96. The Bertz CT molecular complexity index is 1490. The van der Waals surface area contributed by atoms with Crippen LogP contribution in [0.4, 0.5) is 11.6 Å². The summed E-state index contributed by atoms with van der Waals surface area (Å²) in [5.74, 6) is 1.03. The van der Waals surface area contributed by atoms with Crippen molar-refractivity contribution in [3.8, 4) is 0 Å². The SMILES string of the molecule is Cc1cccc(Cn2c(=O)c3c(nc4n3CC(C)CN4c3cc(C)cc(C)c3)n(C)c2=O)c1. The molecule has 7 heteroatoms. The highest BCUT2D eigenvalue weighted by atomic mass is 16.2. The lowest BCUT2D eigenvalue weighted by Crippen LogP contribution is -2.40. The highest BCUT2D eigenvalue weighted by molar-refractivity contribution is 5.77. The smallest absolute Gasteiger partial charge is 0.312 e. The van der Waals surface area contributed by atoms with E-state index < -0.39 is 0 Å². The molecule has 0 fully saturated rings. The summed E-state index contributed by atoms with van der Waals surface area (Å²) in [7, 11) is 1.69. The molecule has 170 valence electrons. The third kappa shape index (κ3) is 3.57. The van der Waals surface area contributed by atoms with Crippen LogP contribution in [0.1, 0.15) is 29.2 Å². The molecule has 0 amide bonds. The molecule has 0 N–H and O–H groups in total. The average molecular weight is 444 g/mol. The number of aromatic nitrogens is 4. The number of aryl methyl sites for hydroxylation is 4. The zero-order chi connectivity index (χ0) is 23.4. The predicted octanol–water partition coefficient (Wildman–Crippen LogP) is 3.66. The molecule has 1 aliphatic rings. The van der Waals surface area contributed by atoms with Crippen molar-refractivity contribution in [3.05, 3.63) is 85.6 Å². The van der Waals surface area contributed by atoms with Gasteiger partial charge in [0.25, 0.3) is 5.56 Å². The van der Waals surface area contributed by atoms with E-state index in [4.69, 9.17) is 4.98 Å². The second-order valence-electron chi connectivity index (χ2n) is 9.48. The molecule has 4 aromatic rings. The molecule has 7 nitrogen and oxygen atoms in total. The highest BCUT2D eigenvalue weighted by Gasteiger charge is 2.30. The van der Waals surface area contributed by atoms with Crippen LogP contribution >= 0.6 is 0 Å². The fraction of sp³-hybridized carbons (Fsp3) is 0.346. The summed E-state index contributed by atoms with van der Waals surface area (Å²) < 4.78 is 4.82. The van der Waals surface area contributed by atoms with Crippen molar-refractivity contribution < 1.29 is 0 Å². The van der Waals surface area contributed by atoms with Crippen LogP contribution in [0.15, 0.2) is 52.1 Å². The Kier molecular flexibility index (Phi) is 5.00. The third-order valence-electron chi connectivity index (χ3n) is 6.38. The van der Waals surface area contributed by atoms with Crippen LogP contribution in [0.25, 0.3) is 11.2 Å². The quantitative estimate of drug-likeness (QED) is 0.485. The standard InChI is InChI=1S/C26H29N5O2/c1-16-7-6-8-20(10-16)15-31-24(32)22-23(28(5)26(31)33)27-25-29(13-19(4)14-30(22)25)21-11-17(2)9-18(3)12-21/h6-12,19H,13-15H2,1-5H3. The largest absolute Gasteiger partial charge is 0.332 e. The number of hydrogen-bond donors (Lipinski definition) is 0. The minimum absolute atomic E-state index is 0.236. The van der Waals surface area contributed by atoms with E-state index in [1.54, 1.807) is 7.05 Å². The Morgan fingerprint density at radius 3 is 2.39 bits per heavy atom. The van der Waals surface area contributed by atoms with Gasteiger partial charge in [-0.25, -0.2) is 4.79 Å². The van der Waals surface area contributed by atoms with Gasteiger partial charge in [-0.3, -0.25) is 13.9 Å². The molecule has 0 saturated heterocycles. The van der Waals surface area contributed by atoms with Gasteiger partial charge in [-0.05, 0) is 55.5 Å². The lowest BCUT2D eigenvalue weighted by atomic mass is 10.1. The Balaban J connectivity index is 1.73. The Morgan fingerprint density at radius 2 is 1.70 bits per heavy atom. The van der Waals surface area contributed by atoms with E-state index >= 15 is 0 Å². The van der Waals surface area contributed by atoms with Crippen molar-refractivity contribution in [2.45, 2.75) is 40.8 Å². The molecule has 0 aliphatic carbocycles. The van der Waals surface area contributed by atoms with Crippen LogP contribution in [0.2, 0.25) is 0 Å². The Hall–Kier alpha value is -3.61. The van der Waals surface area contributed by atoms with Crippen molar-refractivity contribution in [2.75, 3.05) is 11.4 Å². The highest BCUT2D eigenvalue weighted by Crippen LogP contribution is 2.33. The van der Waals surface area contributed by atoms with E-state index in [0.29, 0.717) is 29.6 Å². The van der Waals surface area contributed by atoms with Crippen LogP contribution in [0.3, 0.4) is 0 Å². The minimum Gasteiger partial charge on any atom is -0.312 e. The lowest BCUT2D eigenvalue weighted by Gasteiger charge is -2.33. The van der Waals surface area contributed by atoms with Crippen LogP contribution in [0, 0.1) is 26.7 Å². The molecule has 1 unspecified atom stereocenters. The predicted molar refractivity (Wildman–Crippen MR) is 132 cm³/mol. The first-order chi connectivity index (χ1) is 15.7. The lowest BCUT2D eigenvalue weighted by molar-refractivity contribution is 0.458. The molecule has 33 heavy (non-hydrogen) atoms. The van der Waals surface area contributed by atoms with Gasteiger partial charge in [0.15, 0.2) is 11.2 Å². The molecule has 3 heterocycles. The maximum absolute atomic E-state index is 13.7. The zero-order valence-corrected chi connectivity index (χ0v) is 19.8. The van der Waals surface area contributed by atoms with E-state index in [1.807, 2.05) is 35.8 Å². The number of benzene rings is 2. The summed E-state index contributed by atoms with van der Waals surface area (Å²) in [5.41, 5.74) is 5.72. The number of hydrogen-bond acceptors (Lipinski definition) is 4. The Morgan fingerprint density at radius 1 is 0.970 bits per heavy atom. The number of fused-ring (bicyclic) bond motifs is 3. The van der Waals surface area contributed by atoms with Gasteiger partial charge >= 0.3 is 5.69 Å². The van der Waals surface area contributed by atoms with Gasteiger partial charge < -0.3 is 9.47 Å². The fourth-order valence-corrected chi connectivity index (χ4v) is 4.96. The summed E-state index contributed by atoms with van der Waals surface area (Å²) in [6.45, 7) is 10.1. The zero-order valence-electron chi connectivity index (χ0n) is 19.8. The number of nitrogens with zero attached hydrogens (tertiary/aromatic N) is 5. The second-order valence-corrected chi connectivity index (χ2v) is 9.48. The summed E-state index contributed by atoms with van der Waals surface area (Å²) in [4.78, 5) is 33.8. The molecule has 0 spiro atoms. The maximum Gasteiger partial charge on any atom is 0.332 e. The van der Waals surface area contributed by atoms with Gasteiger partial charge in [-0.15, -0.1) is 0 Å². The third-order valence-corrected chi connectivity index (χ3v) is 6.38. The van der Waals surface area contributed by atoms with Gasteiger partial charge in [-0.1, -0.05) is 42.8 Å². The Labute approximate surface area is 192 Å². The molecular formula is C26H29N5O2. The molecule has 1 atom stereocenters. The van der Waals surface area contributed by atoms with Gasteiger partial charge in [0.2, 0.25) is 5.95 Å². The molecular weight excluding hydrogens is 414 g/mol. The normalized spacial score (nSPS) is 15.8. The van der Waals surface area contributed by atoms with Gasteiger partial charge in [0, 0.05) is 25.8 Å². The van der Waals surface area contributed by atoms with Crippen molar-refractivity contribution in [1.29, 1.82) is 0 Å². The van der Waals surface area contributed by atoms with E-state index in [9.17, 15) is 9.59 Å². The van der Waals surface area contributed by atoms with Gasteiger partial charge in [0.1, 0.15) is 0 Å².